The van der Waals surface area contributed by atoms with E-state index in [2.05, 4.69) is 189 Å². The molecular formula is C61H56O6P2. The van der Waals surface area contributed by atoms with Gasteiger partial charge in [0, 0.05) is 43.8 Å². The second kappa shape index (κ2) is 18.2. The highest BCUT2D eigenvalue weighted by Gasteiger charge is 2.32. The zero-order valence-corrected chi connectivity index (χ0v) is 42.4. The molecule has 0 saturated heterocycles. The summed E-state index contributed by atoms with van der Waals surface area (Å²) in [5, 5.41) is 5.85. The van der Waals surface area contributed by atoms with Crippen LogP contribution in [0.2, 0.25) is 0 Å². The molecule has 0 fully saturated rings. The fourth-order valence-electron chi connectivity index (χ4n) is 10.3. The molecule has 0 saturated carbocycles. The lowest BCUT2D eigenvalue weighted by Gasteiger charge is -2.23. The summed E-state index contributed by atoms with van der Waals surface area (Å²) in [6, 6.07) is 47.5. The van der Waals surface area contributed by atoms with Gasteiger partial charge in [-0.15, -0.1) is 0 Å². The number of rotatable bonds is 4. The quantitative estimate of drug-likeness (QED) is 0.175. The molecule has 8 aromatic carbocycles. The Hall–Kier alpha value is -6.84. The summed E-state index contributed by atoms with van der Waals surface area (Å²) in [5.41, 5.74) is 17.7. The van der Waals surface area contributed by atoms with Crippen molar-refractivity contribution in [2.24, 2.45) is 0 Å². The molecule has 69 heavy (non-hydrogen) atoms. The summed E-state index contributed by atoms with van der Waals surface area (Å²) < 4.78 is 44.4. The molecule has 2 aromatic heterocycles. The Balaban J connectivity index is 1.40. The molecule has 3 heterocycles. The number of hydrogen-bond donors (Lipinski definition) is 0. The topological polar surface area (TPSA) is 71.0 Å². The Morgan fingerprint density at radius 1 is 0.348 bits per heavy atom. The smallest absolute Gasteiger partial charge is 0.254 e. The van der Waals surface area contributed by atoms with Gasteiger partial charge in [-0.2, -0.15) is 0 Å². The van der Waals surface area contributed by atoms with Gasteiger partial charge in [-0.05, 0) is 179 Å². The van der Waals surface area contributed by atoms with Crippen molar-refractivity contribution < 1.29 is 26.3 Å². The Morgan fingerprint density at radius 2 is 0.667 bits per heavy atom. The lowest BCUT2D eigenvalue weighted by atomic mass is 9.94. The standard InChI is InChI=1S/C61H56O6P2/c1-36-28-40(5)56-48(32-36)49-33-37(2)29-41(6)57(49)65-68(64-56)60-46(44-18-12-9-13-19-44)22-24-52-54(60)55-53(63-27-17-11-16-26-62-52)25-23-47(45-20-14-10-15-21-45)61(55)69-66-58-42(7)30-38(3)34-50(58)51-35-39(4)31-43(8)59(51)67-69/h9-10,12-15,18-25,28-35H,11,16-17,26-27H2,1-8H3. The molecule has 0 aliphatic carbocycles. The third kappa shape index (κ3) is 8.24. The minimum atomic E-state index is -1.96. The third-order valence-corrected chi connectivity index (χ3v) is 16.4. The maximum absolute atomic E-state index is 7.56. The van der Waals surface area contributed by atoms with Crippen LogP contribution < -0.4 is 9.47 Å². The normalized spacial score (nSPS) is 12.9. The van der Waals surface area contributed by atoms with Gasteiger partial charge >= 0.3 is 0 Å². The molecule has 0 radical (unpaired) electrons. The van der Waals surface area contributed by atoms with Gasteiger partial charge in [0.25, 0.3) is 16.0 Å². The number of fused-ring (bicyclic) bond motifs is 9. The molecule has 0 N–H and O–H groups in total. The van der Waals surface area contributed by atoms with Crippen LogP contribution in [0.4, 0.5) is 0 Å². The molecule has 0 amide bonds. The van der Waals surface area contributed by atoms with E-state index in [-0.39, 0.29) is 0 Å². The van der Waals surface area contributed by atoms with Gasteiger partial charge in [0.15, 0.2) is 0 Å². The van der Waals surface area contributed by atoms with Crippen molar-refractivity contribution in [3.05, 3.63) is 178 Å². The number of aryl methyl sites for hydroxylation is 8. The highest BCUT2D eigenvalue weighted by atomic mass is 31.1. The van der Waals surface area contributed by atoms with E-state index in [4.69, 9.17) is 26.3 Å². The van der Waals surface area contributed by atoms with E-state index in [0.29, 0.717) is 24.7 Å². The fraction of sp³-hybridized carbons (Fsp3) is 0.213. The first kappa shape index (κ1) is 44.7. The largest absolute Gasteiger partial charge is 0.493 e. The maximum Gasteiger partial charge on any atom is 0.254 e. The van der Waals surface area contributed by atoms with Crippen LogP contribution in [0.5, 0.6) is 11.5 Å². The third-order valence-electron chi connectivity index (χ3n) is 13.3. The van der Waals surface area contributed by atoms with E-state index in [9.17, 15) is 0 Å². The highest BCUT2D eigenvalue weighted by Crippen LogP contribution is 2.62. The van der Waals surface area contributed by atoms with Crippen LogP contribution in [0.15, 0.2) is 150 Å². The van der Waals surface area contributed by atoms with Crippen LogP contribution in [-0.4, -0.2) is 13.2 Å². The van der Waals surface area contributed by atoms with Crippen LogP contribution in [-0.2, 0) is 0 Å². The maximum atomic E-state index is 7.56. The molecule has 0 spiro atoms. The average molecular weight is 947 g/mol. The monoisotopic (exact) mass is 946 g/mol. The highest BCUT2D eigenvalue weighted by molar-refractivity contribution is 7.47. The fourth-order valence-corrected chi connectivity index (χ4v) is 14.0. The van der Waals surface area contributed by atoms with Crippen molar-refractivity contribution in [1.29, 1.82) is 0 Å². The van der Waals surface area contributed by atoms with Crippen molar-refractivity contribution in [3.8, 4) is 55.5 Å². The Labute approximate surface area is 405 Å². The summed E-state index contributed by atoms with van der Waals surface area (Å²) in [7, 11) is -3.91. The lowest BCUT2D eigenvalue weighted by molar-refractivity contribution is 0.284. The second-order valence-corrected chi connectivity index (χ2v) is 21.5. The second-order valence-electron chi connectivity index (χ2n) is 18.9. The molecule has 8 heteroatoms. The summed E-state index contributed by atoms with van der Waals surface area (Å²) >= 11 is 0. The number of hydrogen-bond acceptors (Lipinski definition) is 6. The van der Waals surface area contributed by atoms with E-state index in [0.717, 1.165) is 152 Å². The van der Waals surface area contributed by atoms with Gasteiger partial charge in [-0.1, -0.05) is 84.9 Å². The molecule has 1 aliphatic rings. The van der Waals surface area contributed by atoms with Crippen molar-refractivity contribution in [2.75, 3.05) is 13.2 Å². The summed E-state index contributed by atoms with van der Waals surface area (Å²) in [6.07, 6.45) is 2.71. The van der Waals surface area contributed by atoms with Crippen LogP contribution in [0, 0.1) is 55.4 Å². The summed E-state index contributed by atoms with van der Waals surface area (Å²) in [5.74, 6) is 1.43. The molecule has 10 aromatic rings. The summed E-state index contributed by atoms with van der Waals surface area (Å²) in [6.45, 7) is 18.2. The van der Waals surface area contributed by atoms with E-state index in [1.807, 2.05) is 0 Å². The number of ether oxygens (including phenoxy) is 2. The first-order valence-corrected chi connectivity index (χ1v) is 26.3. The van der Waals surface area contributed by atoms with Crippen LogP contribution in [0.3, 0.4) is 0 Å². The molecular weight excluding hydrogens is 891 g/mol. The lowest BCUT2D eigenvalue weighted by Crippen LogP contribution is -2.01. The van der Waals surface area contributed by atoms with E-state index >= 15 is 0 Å². The van der Waals surface area contributed by atoms with Crippen molar-refractivity contribution in [1.82, 2.24) is 0 Å². The van der Waals surface area contributed by atoms with Gasteiger partial charge < -0.3 is 26.3 Å². The molecule has 346 valence electrons. The van der Waals surface area contributed by atoms with Gasteiger partial charge in [-0.25, -0.2) is 0 Å². The predicted molar refractivity (Wildman–Crippen MR) is 288 cm³/mol. The molecule has 0 unspecified atom stereocenters. The van der Waals surface area contributed by atoms with Gasteiger partial charge in [0.1, 0.15) is 33.8 Å². The van der Waals surface area contributed by atoms with Crippen LogP contribution in [0.1, 0.15) is 63.8 Å². The zero-order valence-electron chi connectivity index (χ0n) is 40.6. The first-order chi connectivity index (χ1) is 33.5. The van der Waals surface area contributed by atoms with Gasteiger partial charge in [-0.3, -0.25) is 0 Å². The molecule has 0 atom stereocenters. The minimum Gasteiger partial charge on any atom is -0.493 e. The first-order valence-electron chi connectivity index (χ1n) is 24.0. The van der Waals surface area contributed by atoms with E-state index in [1.54, 1.807) is 0 Å². The molecule has 11 rings (SSSR count). The molecule has 6 nitrogen and oxygen atoms in total. The minimum absolute atomic E-state index is 0.530. The van der Waals surface area contributed by atoms with Crippen molar-refractivity contribution in [2.45, 2.75) is 74.7 Å². The van der Waals surface area contributed by atoms with Gasteiger partial charge in [0.05, 0.1) is 23.8 Å². The zero-order chi connectivity index (χ0) is 47.5. The Kier molecular flexibility index (Phi) is 11.8. The Morgan fingerprint density at radius 3 is 0.986 bits per heavy atom. The summed E-state index contributed by atoms with van der Waals surface area (Å²) in [4.78, 5) is 0. The molecule has 1 aliphatic heterocycles. The van der Waals surface area contributed by atoms with Crippen LogP contribution >= 0.6 is 16.0 Å². The number of benzene rings is 8. The van der Waals surface area contributed by atoms with Crippen LogP contribution in [0.25, 0.3) is 87.9 Å². The Bertz CT molecular complexity index is 3350. The van der Waals surface area contributed by atoms with Gasteiger partial charge in [0.2, 0.25) is 0 Å². The average Bonchev–Trinajstić information content (AvgIpc) is 3.62. The SMILES string of the molecule is Cc1cc(C)c2op(-c3c(-c4ccccc4)ccc4c3-c3c(ccc(-c5ccccc5)c3-p3oc5c(C)cc(C)cc5c5cc(C)cc(C)c5o3)OCCCCCO4)oc3c(C)cc(C)cc3c2c1. The molecule has 0 bridgehead atoms. The van der Waals surface area contributed by atoms with E-state index in [1.165, 1.54) is 0 Å². The van der Waals surface area contributed by atoms with E-state index < -0.39 is 16.0 Å². The predicted octanol–water partition coefficient (Wildman–Crippen LogP) is 19.3. The van der Waals surface area contributed by atoms with Crippen molar-refractivity contribution in [3.63, 3.8) is 0 Å². The van der Waals surface area contributed by atoms with Crippen molar-refractivity contribution >= 4 is 59.9 Å².